The van der Waals surface area contributed by atoms with Crippen molar-refractivity contribution in [3.63, 3.8) is 0 Å². The zero-order valence-corrected chi connectivity index (χ0v) is 17.8. The number of halogens is 2. The number of nitrogen functional groups attached to an aromatic ring is 2. The van der Waals surface area contributed by atoms with E-state index < -0.39 is 0 Å². The Kier molecular flexibility index (Phi) is 7.25. The van der Waals surface area contributed by atoms with E-state index in [4.69, 9.17) is 34.7 Å². The monoisotopic (exact) mass is 392 g/mol. The summed E-state index contributed by atoms with van der Waals surface area (Å²) in [5, 5.41) is 1.61. The van der Waals surface area contributed by atoms with E-state index in [0.717, 1.165) is 82.2 Å². The highest BCUT2D eigenvalue weighted by atomic mass is 35.5. The van der Waals surface area contributed by atoms with E-state index in [1.807, 2.05) is 0 Å². The number of nitrogens with two attached hydrogens (primary N) is 2. The van der Waals surface area contributed by atoms with Gasteiger partial charge in [0.15, 0.2) is 0 Å². The highest BCUT2D eigenvalue weighted by molar-refractivity contribution is 6.33. The lowest BCUT2D eigenvalue weighted by atomic mass is 9.93. The third-order valence-corrected chi connectivity index (χ3v) is 6.21. The second-order valence-corrected chi connectivity index (χ2v) is 7.47. The van der Waals surface area contributed by atoms with Crippen molar-refractivity contribution in [1.29, 1.82) is 0 Å². The van der Waals surface area contributed by atoms with Gasteiger partial charge in [-0.15, -0.1) is 0 Å². The quantitative estimate of drug-likeness (QED) is 0.551. The largest absolute Gasteiger partial charge is 0.398 e. The summed E-state index contributed by atoms with van der Waals surface area (Å²) in [6.07, 6.45) is 5.18. The van der Waals surface area contributed by atoms with E-state index in [-0.39, 0.29) is 0 Å². The van der Waals surface area contributed by atoms with Gasteiger partial charge in [0.2, 0.25) is 0 Å². The predicted octanol–water partition coefficient (Wildman–Crippen LogP) is 6.19. The van der Waals surface area contributed by atoms with Gasteiger partial charge in [-0.25, -0.2) is 0 Å². The smallest absolute Gasteiger partial charge is 0.0490 e. The molecule has 0 aromatic heterocycles. The first-order valence-electron chi connectivity index (χ1n) is 9.56. The lowest BCUT2D eigenvalue weighted by Crippen LogP contribution is -2.06. The summed E-state index contributed by atoms with van der Waals surface area (Å²) in [7, 11) is 0. The van der Waals surface area contributed by atoms with Crippen molar-refractivity contribution < 1.29 is 0 Å². The Morgan fingerprint density at radius 1 is 0.615 bits per heavy atom. The molecular formula is C22H30Cl2N2. The third-order valence-electron chi connectivity index (χ3n) is 5.27. The van der Waals surface area contributed by atoms with E-state index in [1.54, 1.807) is 0 Å². The molecule has 0 spiro atoms. The maximum absolute atomic E-state index is 6.66. The molecule has 2 nitrogen and oxygen atoms in total. The minimum atomic E-state index is 0.806. The fourth-order valence-electron chi connectivity index (χ4n) is 3.62. The summed E-state index contributed by atoms with van der Waals surface area (Å²) in [6.45, 7) is 8.44. The third kappa shape index (κ3) is 3.97. The van der Waals surface area contributed by atoms with Gasteiger partial charge in [0.25, 0.3) is 0 Å². The number of rotatable bonds is 7. The molecule has 0 heterocycles. The standard InChI is InChI=1S/C22H30Cl2N2/c1-5-13-11-15(19(23)17(7-3)21(13)25)9-10-16-12-14(6-2)22(26)18(8-4)20(16)24/h11-12H,5-10,25-26H2,1-4H3. The predicted molar refractivity (Wildman–Crippen MR) is 117 cm³/mol. The molecule has 4 heteroatoms. The van der Waals surface area contributed by atoms with Gasteiger partial charge in [0.1, 0.15) is 0 Å². The first kappa shape index (κ1) is 20.9. The molecule has 2 rings (SSSR count). The molecule has 0 aliphatic carbocycles. The molecule has 142 valence electrons. The summed E-state index contributed by atoms with van der Waals surface area (Å²) in [5.41, 5.74) is 21.0. The number of anilines is 2. The van der Waals surface area contributed by atoms with Gasteiger partial charge in [0, 0.05) is 21.4 Å². The molecule has 0 bridgehead atoms. The van der Waals surface area contributed by atoms with Crippen molar-refractivity contribution in [3.05, 3.63) is 55.6 Å². The van der Waals surface area contributed by atoms with E-state index >= 15 is 0 Å². The van der Waals surface area contributed by atoms with Crippen LogP contribution in [-0.4, -0.2) is 0 Å². The Labute approximate surface area is 167 Å². The van der Waals surface area contributed by atoms with Crippen LogP contribution in [0.15, 0.2) is 12.1 Å². The Morgan fingerprint density at radius 2 is 0.962 bits per heavy atom. The van der Waals surface area contributed by atoms with Gasteiger partial charge in [-0.3, -0.25) is 0 Å². The van der Waals surface area contributed by atoms with Crippen LogP contribution in [-0.2, 0) is 38.5 Å². The zero-order valence-electron chi connectivity index (χ0n) is 16.3. The highest BCUT2D eigenvalue weighted by Crippen LogP contribution is 2.34. The summed E-state index contributed by atoms with van der Waals surface area (Å²) in [5.74, 6) is 0. The molecule has 0 saturated heterocycles. The van der Waals surface area contributed by atoms with Crippen molar-refractivity contribution >= 4 is 34.6 Å². The van der Waals surface area contributed by atoms with Crippen LogP contribution in [0.3, 0.4) is 0 Å². The molecule has 0 aliphatic heterocycles. The van der Waals surface area contributed by atoms with Gasteiger partial charge in [-0.2, -0.15) is 0 Å². The Hall–Kier alpha value is -1.38. The Morgan fingerprint density at radius 3 is 1.23 bits per heavy atom. The second kappa shape index (κ2) is 9.01. The van der Waals surface area contributed by atoms with Crippen molar-refractivity contribution in [2.75, 3.05) is 11.5 Å². The molecule has 2 aromatic carbocycles. The van der Waals surface area contributed by atoms with Crippen LogP contribution in [0.1, 0.15) is 61.1 Å². The summed E-state index contributed by atoms with van der Waals surface area (Å²) < 4.78 is 0. The van der Waals surface area contributed by atoms with Gasteiger partial charge in [0.05, 0.1) is 0 Å². The average molecular weight is 393 g/mol. The minimum absolute atomic E-state index is 0.806. The molecule has 0 atom stereocenters. The molecular weight excluding hydrogens is 363 g/mol. The zero-order chi connectivity index (χ0) is 19.4. The van der Waals surface area contributed by atoms with Gasteiger partial charge in [-0.05, 0) is 71.9 Å². The second-order valence-electron chi connectivity index (χ2n) is 6.72. The molecule has 4 N–H and O–H groups in total. The van der Waals surface area contributed by atoms with Crippen LogP contribution in [0.25, 0.3) is 0 Å². The minimum Gasteiger partial charge on any atom is -0.398 e. The number of aryl methyl sites for hydroxylation is 4. The maximum Gasteiger partial charge on any atom is 0.0490 e. The van der Waals surface area contributed by atoms with Crippen LogP contribution >= 0.6 is 23.2 Å². The summed E-state index contributed by atoms with van der Waals surface area (Å²) >= 11 is 13.3. The SMILES string of the molecule is CCc1cc(CCc2cc(CC)c(N)c(CC)c2Cl)c(Cl)c(CC)c1N. The number of benzene rings is 2. The normalized spacial score (nSPS) is 11.2. The topological polar surface area (TPSA) is 52.0 Å². The molecule has 26 heavy (non-hydrogen) atoms. The fraction of sp³-hybridized carbons (Fsp3) is 0.455. The highest BCUT2D eigenvalue weighted by Gasteiger charge is 2.16. The van der Waals surface area contributed by atoms with Gasteiger partial charge in [-0.1, -0.05) is 63.0 Å². The van der Waals surface area contributed by atoms with Crippen LogP contribution in [0, 0.1) is 0 Å². The number of hydrogen-bond acceptors (Lipinski definition) is 2. The Bertz CT molecular complexity index is 730. The molecule has 0 amide bonds. The summed E-state index contributed by atoms with van der Waals surface area (Å²) in [6, 6.07) is 4.31. The molecule has 2 aromatic rings. The van der Waals surface area contributed by atoms with E-state index in [1.165, 1.54) is 11.1 Å². The van der Waals surface area contributed by atoms with Crippen LogP contribution in [0.2, 0.25) is 10.0 Å². The molecule has 0 radical (unpaired) electrons. The van der Waals surface area contributed by atoms with Crippen LogP contribution < -0.4 is 11.5 Å². The Balaban J connectivity index is 2.41. The first-order chi connectivity index (χ1) is 12.4. The first-order valence-corrected chi connectivity index (χ1v) is 10.3. The average Bonchev–Trinajstić information content (AvgIpc) is 2.63. The van der Waals surface area contributed by atoms with Crippen molar-refractivity contribution in [2.45, 2.75) is 66.2 Å². The van der Waals surface area contributed by atoms with E-state index in [9.17, 15) is 0 Å². The lowest BCUT2D eigenvalue weighted by Gasteiger charge is -2.18. The van der Waals surface area contributed by atoms with Crippen LogP contribution in [0.5, 0.6) is 0 Å². The molecule has 0 saturated carbocycles. The molecule has 0 unspecified atom stereocenters. The lowest BCUT2D eigenvalue weighted by molar-refractivity contribution is 0.935. The molecule has 0 aliphatic rings. The van der Waals surface area contributed by atoms with Gasteiger partial charge < -0.3 is 11.5 Å². The maximum atomic E-state index is 6.66. The summed E-state index contributed by atoms with van der Waals surface area (Å²) in [4.78, 5) is 0. The fourth-order valence-corrected chi connectivity index (χ4v) is 4.39. The van der Waals surface area contributed by atoms with E-state index in [0.29, 0.717) is 0 Å². The van der Waals surface area contributed by atoms with Crippen molar-refractivity contribution in [3.8, 4) is 0 Å². The molecule has 0 fully saturated rings. The van der Waals surface area contributed by atoms with E-state index in [2.05, 4.69) is 39.8 Å². The number of hydrogen-bond donors (Lipinski definition) is 2. The van der Waals surface area contributed by atoms with Gasteiger partial charge >= 0.3 is 0 Å². The van der Waals surface area contributed by atoms with Crippen LogP contribution in [0.4, 0.5) is 11.4 Å². The van der Waals surface area contributed by atoms with Crippen molar-refractivity contribution in [1.82, 2.24) is 0 Å². The van der Waals surface area contributed by atoms with Crippen molar-refractivity contribution in [2.24, 2.45) is 0 Å².